The molecular weight excluding hydrogens is 330 g/mol. The van der Waals surface area contributed by atoms with Gasteiger partial charge in [-0.15, -0.1) is 0 Å². The monoisotopic (exact) mass is 350 g/mol. The van der Waals surface area contributed by atoms with Crippen molar-refractivity contribution in [2.75, 3.05) is 13.1 Å². The number of hydrogen-bond acceptors (Lipinski definition) is 4. The molecule has 1 aromatic carbocycles. The predicted molar refractivity (Wildman–Crippen MR) is 86.5 cm³/mol. The summed E-state index contributed by atoms with van der Waals surface area (Å²) in [5.74, 6) is -1.64. The summed E-state index contributed by atoms with van der Waals surface area (Å²) < 4.78 is 32.4. The fourth-order valence-electron chi connectivity index (χ4n) is 2.85. The summed E-state index contributed by atoms with van der Waals surface area (Å²) in [6.07, 6.45) is 5.46. The molecule has 0 atom stereocenters. The highest BCUT2D eigenvalue weighted by molar-refractivity contribution is 5.74. The summed E-state index contributed by atoms with van der Waals surface area (Å²) in [7, 11) is 0. The number of nitrogens with zero attached hydrogens (tertiary/aromatic N) is 3. The van der Waals surface area contributed by atoms with Crippen molar-refractivity contribution in [1.29, 1.82) is 0 Å². The summed E-state index contributed by atoms with van der Waals surface area (Å²) >= 11 is 0. The lowest BCUT2D eigenvalue weighted by molar-refractivity contribution is 0.191. The molecule has 1 saturated heterocycles. The van der Waals surface area contributed by atoms with E-state index in [0.29, 0.717) is 0 Å². The van der Waals surface area contributed by atoms with Gasteiger partial charge in [0.2, 0.25) is 0 Å². The van der Waals surface area contributed by atoms with E-state index in [-0.39, 0.29) is 29.9 Å². The third kappa shape index (κ3) is 4.32. The molecule has 0 spiro atoms. The second-order valence-corrected chi connectivity index (χ2v) is 6.03. The van der Waals surface area contributed by atoms with Crippen molar-refractivity contribution in [2.24, 2.45) is 0 Å². The van der Waals surface area contributed by atoms with Gasteiger partial charge >= 0.3 is 6.03 Å². The lowest BCUT2D eigenvalue weighted by Crippen LogP contribution is -2.41. The predicted octanol–water partition coefficient (Wildman–Crippen LogP) is 3.49. The minimum atomic E-state index is -0.778. The highest BCUT2D eigenvalue weighted by atomic mass is 19.1. The van der Waals surface area contributed by atoms with E-state index in [9.17, 15) is 13.6 Å². The molecule has 1 aliphatic rings. The smallest absolute Gasteiger partial charge is 0.317 e. The van der Waals surface area contributed by atoms with E-state index in [0.717, 1.165) is 50.9 Å². The Morgan fingerprint density at radius 1 is 1.12 bits per heavy atom. The van der Waals surface area contributed by atoms with Gasteiger partial charge in [-0.3, -0.25) is 0 Å². The molecule has 1 fully saturated rings. The van der Waals surface area contributed by atoms with Crippen LogP contribution in [-0.4, -0.2) is 34.2 Å². The molecule has 8 heteroatoms. The van der Waals surface area contributed by atoms with E-state index < -0.39 is 11.6 Å². The van der Waals surface area contributed by atoms with Gasteiger partial charge in [-0.05, 0) is 25.0 Å². The van der Waals surface area contributed by atoms with Crippen LogP contribution >= 0.6 is 0 Å². The van der Waals surface area contributed by atoms with Crippen molar-refractivity contribution in [2.45, 2.75) is 38.6 Å². The normalized spacial score (nSPS) is 15.5. The van der Waals surface area contributed by atoms with Gasteiger partial charge in [-0.25, -0.2) is 13.6 Å². The SMILES string of the molecule is O=C(NCc1noc(-c2c(F)cccc2F)n1)N1CCCCCCC1. The molecule has 0 radical (unpaired) electrons. The van der Waals surface area contributed by atoms with Crippen LogP contribution in [0.3, 0.4) is 0 Å². The summed E-state index contributed by atoms with van der Waals surface area (Å²) in [4.78, 5) is 18.0. The Bertz CT molecular complexity index is 707. The fourth-order valence-corrected chi connectivity index (χ4v) is 2.85. The lowest BCUT2D eigenvalue weighted by Gasteiger charge is -2.24. The van der Waals surface area contributed by atoms with E-state index in [1.54, 1.807) is 4.90 Å². The molecular formula is C17H20F2N4O2. The number of urea groups is 1. The highest BCUT2D eigenvalue weighted by Crippen LogP contribution is 2.24. The van der Waals surface area contributed by atoms with Gasteiger partial charge in [0.25, 0.3) is 5.89 Å². The molecule has 1 aromatic heterocycles. The molecule has 0 unspecified atom stereocenters. The van der Waals surface area contributed by atoms with E-state index in [4.69, 9.17) is 4.52 Å². The molecule has 1 N–H and O–H groups in total. The quantitative estimate of drug-likeness (QED) is 0.920. The summed E-state index contributed by atoms with van der Waals surface area (Å²) in [5, 5.41) is 6.40. The molecule has 0 saturated carbocycles. The molecule has 2 heterocycles. The Hall–Kier alpha value is -2.51. The topological polar surface area (TPSA) is 71.3 Å². The average molecular weight is 350 g/mol. The molecule has 6 nitrogen and oxygen atoms in total. The van der Waals surface area contributed by atoms with Crippen molar-refractivity contribution in [3.8, 4) is 11.5 Å². The van der Waals surface area contributed by atoms with Gasteiger partial charge in [-0.2, -0.15) is 4.98 Å². The van der Waals surface area contributed by atoms with E-state index in [1.807, 2.05) is 0 Å². The fraction of sp³-hybridized carbons (Fsp3) is 0.471. The summed E-state index contributed by atoms with van der Waals surface area (Å²) in [6.45, 7) is 1.49. The molecule has 2 amide bonds. The van der Waals surface area contributed by atoms with Gasteiger partial charge in [-0.1, -0.05) is 30.5 Å². The zero-order valence-corrected chi connectivity index (χ0v) is 13.8. The number of aromatic nitrogens is 2. The van der Waals surface area contributed by atoms with Gasteiger partial charge in [0.15, 0.2) is 5.82 Å². The number of amides is 2. The van der Waals surface area contributed by atoms with Gasteiger partial charge in [0, 0.05) is 13.1 Å². The van der Waals surface area contributed by atoms with Crippen LogP contribution in [0.5, 0.6) is 0 Å². The first kappa shape index (κ1) is 17.3. The molecule has 2 aromatic rings. The van der Waals surface area contributed by atoms with Crippen LogP contribution in [0.4, 0.5) is 13.6 Å². The Kier molecular flexibility index (Phi) is 5.57. The van der Waals surface area contributed by atoms with Crippen molar-refractivity contribution < 1.29 is 18.1 Å². The van der Waals surface area contributed by atoms with Crippen LogP contribution in [0.15, 0.2) is 22.7 Å². The number of rotatable bonds is 3. The minimum Gasteiger partial charge on any atom is -0.334 e. The zero-order chi connectivity index (χ0) is 17.6. The second-order valence-electron chi connectivity index (χ2n) is 6.03. The molecule has 3 rings (SSSR count). The Morgan fingerprint density at radius 2 is 1.76 bits per heavy atom. The minimum absolute atomic E-state index is 0.0366. The van der Waals surface area contributed by atoms with Crippen LogP contribution in [0.1, 0.15) is 37.9 Å². The van der Waals surface area contributed by atoms with E-state index in [2.05, 4.69) is 15.5 Å². The number of hydrogen-bond donors (Lipinski definition) is 1. The van der Waals surface area contributed by atoms with Crippen molar-refractivity contribution in [3.05, 3.63) is 35.7 Å². The average Bonchev–Trinajstić information content (AvgIpc) is 3.01. The van der Waals surface area contributed by atoms with Gasteiger partial charge in [0.05, 0.1) is 6.54 Å². The van der Waals surface area contributed by atoms with Gasteiger partial charge < -0.3 is 14.7 Å². The third-order valence-corrected chi connectivity index (χ3v) is 4.19. The summed E-state index contributed by atoms with van der Waals surface area (Å²) in [6, 6.07) is 3.30. The first-order valence-corrected chi connectivity index (χ1v) is 8.45. The highest BCUT2D eigenvalue weighted by Gasteiger charge is 2.19. The first-order valence-electron chi connectivity index (χ1n) is 8.45. The van der Waals surface area contributed by atoms with Crippen LogP contribution < -0.4 is 5.32 Å². The van der Waals surface area contributed by atoms with Crippen LogP contribution in [-0.2, 0) is 6.54 Å². The number of likely N-dealkylation sites (tertiary alicyclic amines) is 1. The molecule has 0 bridgehead atoms. The number of benzene rings is 1. The van der Waals surface area contributed by atoms with E-state index >= 15 is 0 Å². The Labute approximate surface area is 144 Å². The zero-order valence-electron chi connectivity index (χ0n) is 13.8. The standard InChI is InChI=1S/C17H20F2N4O2/c18-12-7-6-8-13(19)15(12)16-21-14(22-25-16)11-20-17(24)23-9-4-2-1-3-5-10-23/h6-8H,1-5,9-11H2,(H,20,24). The maximum Gasteiger partial charge on any atom is 0.317 e. The molecule has 134 valence electrons. The Morgan fingerprint density at radius 3 is 2.44 bits per heavy atom. The molecule has 25 heavy (non-hydrogen) atoms. The number of carbonyl (C=O) groups is 1. The maximum atomic E-state index is 13.7. The van der Waals surface area contributed by atoms with Crippen molar-refractivity contribution in [1.82, 2.24) is 20.4 Å². The number of halogens is 2. The van der Waals surface area contributed by atoms with Crippen molar-refractivity contribution >= 4 is 6.03 Å². The maximum absolute atomic E-state index is 13.7. The first-order chi connectivity index (χ1) is 12.1. The largest absolute Gasteiger partial charge is 0.334 e. The van der Waals surface area contributed by atoms with E-state index in [1.165, 1.54) is 12.5 Å². The van der Waals surface area contributed by atoms with Gasteiger partial charge in [0.1, 0.15) is 17.2 Å². The number of carbonyl (C=O) groups excluding carboxylic acids is 1. The van der Waals surface area contributed by atoms with Crippen LogP contribution in [0.25, 0.3) is 11.5 Å². The van der Waals surface area contributed by atoms with Crippen LogP contribution in [0, 0.1) is 11.6 Å². The third-order valence-electron chi connectivity index (χ3n) is 4.19. The molecule has 0 aliphatic carbocycles. The van der Waals surface area contributed by atoms with Crippen LogP contribution in [0.2, 0.25) is 0 Å². The second kappa shape index (κ2) is 8.04. The summed E-state index contributed by atoms with van der Waals surface area (Å²) in [5.41, 5.74) is -0.364. The Balaban J connectivity index is 1.61. The number of nitrogens with one attached hydrogen (secondary N) is 1. The lowest BCUT2D eigenvalue weighted by atomic mass is 10.1. The van der Waals surface area contributed by atoms with Crippen molar-refractivity contribution in [3.63, 3.8) is 0 Å². The molecule has 1 aliphatic heterocycles.